The topological polar surface area (TPSA) is 102 Å². The molecule has 0 aromatic heterocycles. The first-order valence-corrected chi connectivity index (χ1v) is 11.8. The van der Waals surface area contributed by atoms with Crippen molar-refractivity contribution in [3.8, 4) is 5.75 Å². The summed E-state index contributed by atoms with van der Waals surface area (Å²) in [5.74, 6) is -0.164. The van der Waals surface area contributed by atoms with Crippen molar-refractivity contribution >= 4 is 27.6 Å². The van der Waals surface area contributed by atoms with Crippen molar-refractivity contribution in [1.82, 2.24) is 5.32 Å². The smallest absolute Gasteiger partial charge is 0.307 e. The third-order valence-corrected chi connectivity index (χ3v) is 6.75. The number of esters is 1. The molecule has 32 heavy (non-hydrogen) atoms. The molecule has 1 amide bonds. The normalized spacial score (nSPS) is 11.0. The molecule has 0 saturated carbocycles. The number of sulfonamides is 1. The highest BCUT2D eigenvalue weighted by molar-refractivity contribution is 7.92. The Morgan fingerprint density at radius 1 is 1.03 bits per heavy atom. The second-order valence-electron chi connectivity index (χ2n) is 7.20. The molecule has 0 aliphatic rings. The molecule has 2 aromatic carbocycles. The van der Waals surface area contributed by atoms with Crippen LogP contribution >= 0.6 is 0 Å². The number of carbonyl (C=O) groups excluding carboxylic acids is 2. The minimum atomic E-state index is -3.92. The fourth-order valence-corrected chi connectivity index (χ4v) is 4.85. The van der Waals surface area contributed by atoms with Crippen LogP contribution in [0.5, 0.6) is 5.75 Å². The largest absolute Gasteiger partial charge is 0.497 e. The number of amides is 1. The molecule has 2 aromatic rings. The number of nitrogens with one attached hydrogen (secondary N) is 1. The van der Waals surface area contributed by atoms with Gasteiger partial charge >= 0.3 is 5.97 Å². The van der Waals surface area contributed by atoms with Gasteiger partial charge in [-0.15, -0.1) is 0 Å². The molecule has 8 nitrogen and oxygen atoms in total. The van der Waals surface area contributed by atoms with Gasteiger partial charge in [-0.2, -0.15) is 0 Å². The lowest BCUT2D eigenvalue weighted by molar-refractivity contribution is -0.143. The van der Waals surface area contributed by atoms with Crippen molar-refractivity contribution in [2.75, 3.05) is 31.1 Å². The van der Waals surface area contributed by atoms with Crippen LogP contribution in [0.15, 0.2) is 47.4 Å². The Morgan fingerprint density at radius 3 is 2.31 bits per heavy atom. The number of ether oxygens (including phenoxy) is 2. The number of carbonyl (C=O) groups is 2. The van der Waals surface area contributed by atoms with Crippen LogP contribution in [0.3, 0.4) is 0 Å². The average molecular weight is 463 g/mol. The van der Waals surface area contributed by atoms with Crippen LogP contribution in [0.25, 0.3) is 0 Å². The number of anilines is 1. The Balaban J connectivity index is 2.21. The minimum Gasteiger partial charge on any atom is -0.497 e. The summed E-state index contributed by atoms with van der Waals surface area (Å²) in [5, 5.41) is 2.63. The SMILES string of the molecule is CCOC(=O)CCNC(=O)CCN(c1ccc(OC)cc1)S(=O)(=O)c1ccc(C)cc1C. The molecular weight excluding hydrogens is 432 g/mol. The monoisotopic (exact) mass is 462 g/mol. The van der Waals surface area contributed by atoms with Crippen molar-refractivity contribution in [1.29, 1.82) is 0 Å². The van der Waals surface area contributed by atoms with Crippen LogP contribution in [0.1, 0.15) is 30.9 Å². The number of hydrogen-bond donors (Lipinski definition) is 1. The van der Waals surface area contributed by atoms with Crippen molar-refractivity contribution < 1.29 is 27.5 Å². The fraction of sp³-hybridized carbons (Fsp3) is 0.391. The lowest BCUT2D eigenvalue weighted by Gasteiger charge is -2.25. The average Bonchev–Trinajstić information content (AvgIpc) is 2.74. The van der Waals surface area contributed by atoms with E-state index >= 15 is 0 Å². The van der Waals surface area contributed by atoms with E-state index in [1.807, 2.05) is 6.92 Å². The highest BCUT2D eigenvalue weighted by Crippen LogP contribution is 2.28. The molecule has 0 saturated heterocycles. The third-order valence-electron chi connectivity index (χ3n) is 4.76. The van der Waals surface area contributed by atoms with E-state index in [9.17, 15) is 18.0 Å². The second kappa shape index (κ2) is 11.5. The molecule has 0 spiro atoms. The first kappa shape index (κ1) is 25.2. The molecule has 0 heterocycles. The van der Waals surface area contributed by atoms with Gasteiger partial charge in [-0.25, -0.2) is 8.42 Å². The molecule has 0 atom stereocenters. The lowest BCUT2D eigenvalue weighted by atomic mass is 10.2. The highest BCUT2D eigenvalue weighted by Gasteiger charge is 2.27. The number of rotatable bonds is 11. The van der Waals surface area contributed by atoms with E-state index < -0.39 is 16.0 Å². The molecule has 0 bridgehead atoms. The second-order valence-corrected chi connectivity index (χ2v) is 9.03. The van der Waals surface area contributed by atoms with Crippen molar-refractivity contribution in [3.63, 3.8) is 0 Å². The first-order chi connectivity index (χ1) is 15.2. The van der Waals surface area contributed by atoms with Crippen molar-refractivity contribution in [3.05, 3.63) is 53.6 Å². The number of benzene rings is 2. The fourth-order valence-electron chi connectivity index (χ4n) is 3.17. The van der Waals surface area contributed by atoms with Gasteiger partial charge in [0.15, 0.2) is 0 Å². The molecule has 174 valence electrons. The number of nitrogens with zero attached hydrogens (tertiary/aromatic N) is 1. The highest BCUT2D eigenvalue weighted by atomic mass is 32.2. The third kappa shape index (κ3) is 6.71. The van der Waals surface area contributed by atoms with Gasteiger partial charge in [0.2, 0.25) is 5.91 Å². The van der Waals surface area contributed by atoms with E-state index in [-0.39, 0.29) is 43.3 Å². The Labute approximate surface area is 189 Å². The molecule has 9 heteroatoms. The summed E-state index contributed by atoms with van der Waals surface area (Å²) in [6.07, 6.45) is -0.0123. The molecule has 0 aliphatic heterocycles. The van der Waals surface area contributed by atoms with Crippen LogP contribution in [0.2, 0.25) is 0 Å². The maximum Gasteiger partial charge on any atom is 0.307 e. The van der Waals surface area contributed by atoms with Gasteiger partial charge in [-0.1, -0.05) is 17.7 Å². The molecule has 1 N–H and O–H groups in total. The molecule has 0 aliphatic carbocycles. The van der Waals surface area contributed by atoms with Crippen molar-refractivity contribution in [2.45, 2.75) is 38.5 Å². The number of hydrogen-bond acceptors (Lipinski definition) is 6. The summed E-state index contributed by atoms with van der Waals surface area (Å²) in [6.45, 7) is 5.69. The Kier molecular flexibility index (Phi) is 9.07. The zero-order chi connectivity index (χ0) is 23.7. The van der Waals surface area contributed by atoms with Crippen LogP contribution < -0.4 is 14.4 Å². The Bertz CT molecular complexity index is 1030. The molecule has 0 radical (unpaired) electrons. The maximum absolute atomic E-state index is 13.5. The van der Waals surface area contributed by atoms with Crippen LogP contribution in [0, 0.1) is 13.8 Å². The summed E-state index contributed by atoms with van der Waals surface area (Å²) < 4.78 is 38.2. The first-order valence-electron chi connectivity index (χ1n) is 10.4. The molecular formula is C23H30N2O6S. The van der Waals surface area contributed by atoms with Crippen LogP contribution in [-0.4, -0.2) is 47.1 Å². The van der Waals surface area contributed by atoms with E-state index in [2.05, 4.69) is 5.32 Å². The lowest BCUT2D eigenvalue weighted by Crippen LogP contribution is -2.36. The minimum absolute atomic E-state index is 0.0582. The van der Waals surface area contributed by atoms with Gasteiger partial charge in [-0.3, -0.25) is 13.9 Å². The summed E-state index contributed by atoms with van der Waals surface area (Å²) in [6, 6.07) is 11.7. The zero-order valence-corrected chi connectivity index (χ0v) is 19.7. The van der Waals surface area contributed by atoms with E-state index in [1.54, 1.807) is 56.3 Å². The standard InChI is InChI=1S/C23H30N2O6S/c1-5-31-23(27)12-14-24-22(26)13-15-25(19-7-9-20(30-4)10-8-19)32(28,29)21-11-6-17(2)16-18(21)3/h6-11,16H,5,12-15H2,1-4H3,(H,24,26). The van der Waals surface area contributed by atoms with Gasteiger partial charge in [0, 0.05) is 19.5 Å². The Morgan fingerprint density at radius 2 is 1.72 bits per heavy atom. The quantitative estimate of drug-likeness (QED) is 0.515. The summed E-state index contributed by atoms with van der Waals surface area (Å²) >= 11 is 0. The van der Waals surface area contributed by atoms with E-state index in [1.165, 1.54) is 11.4 Å². The van der Waals surface area contributed by atoms with Gasteiger partial charge in [-0.05, 0) is 56.7 Å². The van der Waals surface area contributed by atoms with Crippen LogP contribution in [-0.2, 0) is 24.3 Å². The van der Waals surface area contributed by atoms with Crippen LogP contribution in [0.4, 0.5) is 5.69 Å². The van der Waals surface area contributed by atoms with Crippen molar-refractivity contribution in [2.24, 2.45) is 0 Å². The summed E-state index contributed by atoms with van der Waals surface area (Å²) in [7, 11) is -2.39. The number of aryl methyl sites for hydroxylation is 2. The maximum atomic E-state index is 13.5. The predicted molar refractivity (Wildman–Crippen MR) is 122 cm³/mol. The van der Waals surface area contributed by atoms with E-state index in [4.69, 9.17) is 9.47 Å². The predicted octanol–water partition coefficient (Wildman–Crippen LogP) is 2.97. The van der Waals surface area contributed by atoms with E-state index in [0.29, 0.717) is 17.0 Å². The molecule has 0 fully saturated rings. The van der Waals surface area contributed by atoms with Gasteiger partial charge < -0.3 is 14.8 Å². The number of methoxy groups -OCH3 is 1. The van der Waals surface area contributed by atoms with Gasteiger partial charge in [0.1, 0.15) is 5.75 Å². The van der Waals surface area contributed by atoms with Gasteiger partial charge in [0.25, 0.3) is 10.0 Å². The summed E-state index contributed by atoms with van der Waals surface area (Å²) in [5.41, 5.74) is 2.01. The molecule has 0 unspecified atom stereocenters. The molecule has 2 rings (SSSR count). The summed E-state index contributed by atoms with van der Waals surface area (Å²) in [4.78, 5) is 23.9. The zero-order valence-electron chi connectivity index (χ0n) is 18.9. The van der Waals surface area contributed by atoms with Gasteiger partial charge in [0.05, 0.1) is 30.7 Å². The Hall–Kier alpha value is -3.07. The van der Waals surface area contributed by atoms with E-state index in [0.717, 1.165) is 5.56 Å².